The molecule has 2 aromatic carbocycles. The molecular formula is C32H30O10. The minimum Gasteiger partial charge on any atom is -0.423 e. The first-order valence-corrected chi connectivity index (χ1v) is 12.3. The number of hydrogen-bond acceptors (Lipinski definition) is 10. The molecule has 0 unspecified atom stereocenters. The molecule has 0 aliphatic rings. The minimum atomic E-state index is -0.887. The number of esters is 5. The van der Waals surface area contributed by atoms with E-state index in [9.17, 15) is 24.0 Å². The third-order valence-corrected chi connectivity index (χ3v) is 5.06. The van der Waals surface area contributed by atoms with Gasteiger partial charge in [0.1, 0.15) is 17.2 Å². The lowest BCUT2D eigenvalue weighted by Crippen LogP contribution is -2.13. The van der Waals surface area contributed by atoms with Gasteiger partial charge in [0.15, 0.2) is 11.5 Å². The third kappa shape index (κ3) is 9.30. The smallest absolute Gasteiger partial charge is 0.338 e. The van der Waals surface area contributed by atoms with Gasteiger partial charge >= 0.3 is 29.8 Å². The summed E-state index contributed by atoms with van der Waals surface area (Å²) in [5.41, 5.74) is 1.08. The van der Waals surface area contributed by atoms with Crippen molar-refractivity contribution in [2.75, 3.05) is 0 Å². The quantitative estimate of drug-likeness (QED) is 0.189. The molecule has 0 spiro atoms. The molecule has 0 saturated carbocycles. The summed E-state index contributed by atoms with van der Waals surface area (Å²) < 4.78 is 26.4. The van der Waals surface area contributed by atoms with Crippen LogP contribution in [0.3, 0.4) is 0 Å². The second-order valence-electron chi connectivity index (χ2n) is 9.19. The Kier molecular flexibility index (Phi) is 11.1. The largest absolute Gasteiger partial charge is 0.423 e. The molecule has 0 amide bonds. The van der Waals surface area contributed by atoms with Crippen LogP contribution in [-0.2, 0) is 24.0 Å². The second-order valence-corrected chi connectivity index (χ2v) is 9.19. The molecule has 0 bridgehead atoms. The van der Waals surface area contributed by atoms with Crippen LogP contribution < -0.4 is 23.7 Å². The van der Waals surface area contributed by atoms with Crippen molar-refractivity contribution in [1.82, 2.24) is 0 Å². The fourth-order valence-corrected chi connectivity index (χ4v) is 2.85. The summed E-state index contributed by atoms with van der Waals surface area (Å²) in [5.74, 6) is -4.14. The number of carbonyl (C=O) groups excluding carboxylic acids is 5. The number of allylic oxidation sites excluding steroid dienone is 1. The monoisotopic (exact) mass is 574 g/mol. The van der Waals surface area contributed by atoms with Crippen molar-refractivity contribution < 1.29 is 47.7 Å². The molecule has 0 atom stereocenters. The first kappa shape index (κ1) is 32.7. The van der Waals surface area contributed by atoms with Crippen LogP contribution in [0, 0.1) is 0 Å². The Bertz CT molecular complexity index is 1550. The number of hydrogen-bond donors (Lipinski definition) is 0. The Morgan fingerprint density at radius 1 is 0.524 bits per heavy atom. The Morgan fingerprint density at radius 2 is 0.929 bits per heavy atom. The van der Waals surface area contributed by atoms with E-state index in [4.69, 9.17) is 23.7 Å². The Morgan fingerprint density at radius 3 is 1.40 bits per heavy atom. The summed E-state index contributed by atoms with van der Waals surface area (Å²) in [6, 6.07) is 8.02. The topological polar surface area (TPSA) is 132 Å². The van der Waals surface area contributed by atoms with Crippen molar-refractivity contribution in [2.45, 2.75) is 34.6 Å². The average Bonchev–Trinajstić information content (AvgIpc) is 2.89. The fraction of sp³-hybridized carbons (Fsp3) is 0.156. The van der Waals surface area contributed by atoms with E-state index in [0.717, 1.165) is 6.08 Å². The van der Waals surface area contributed by atoms with Crippen molar-refractivity contribution in [3.05, 3.63) is 96.6 Å². The lowest BCUT2D eigenvalue weighted by Gasteiger charge is -2.14. The predicted molar refractivity (Wildman–Crippen MR) is 154 cm³/mol. The molecule has 2 aromatic rings. The van der Waals surface area contributed by atoms with Crippen molar-refractivity contribution in [3.63, 3.8) is 0 Å². The van der Waals surface area contributed by atoms with E-state index >= 15 is 0 Å². The van der Waals surface area contributed by atoms with Gasteiger partial charge in [-0.25, -0.2) is 24.0 Å². The van der Waals surface area contributed by atoms with Crippen molar-refractivity contribution in [2.24, 2.45) is 0 Å². The number of rotatable bonds is 11. The molecule has 0 fully saturated rings. The van der Waals surface area contributed by atoms with Gasteiger partial charge in [0.05, 0.1) is 0 Å². The highest BCUT2D eigenvalue weighted by molar-refractivity contribution is 5.95. The molecule has 0 radical (unpaired) electrons. The fourth-order valence-electron chi connectivity index (χ4n) is 2.85. The average molecular weight is 575 g/mol. The van der Waals surface area contributed by atoms with Gasteiger partial charge in [0, 0.05) is 46.1 Å². The lowest BCUT2D eigenvalue weighted by molar-refractivity contribution is -0.132. The van der Waals surface area contributed by atoms with Crippen LogP contribution in [-0.4, -0.2) is 29.8 Å². The third-order valence-electron chi connectivity index (χ3n) is 5.06. The van der Waals surface area contributed by atoms with Gasteiger partial charge in [0.25, 0.3) is 0 Å². The normalized spacial score (nSPS) is 10.5. The Labute approximate surface area is 243 Å². The van der Waals surface area contributed by atoms with E-state index in [-0.39, 0.29) is 51.0 Å². The van der Waals surface area contributed by atoms with Gasteiger partial charge in [-0.3, -0.25) is 0 Å². The van der Waals surface area contributed by atoms with Crippen LogP contribution in [0.15, 0.2) is 91.1 Å². The first-order chi connectivity index (χ1) is 19.6. The van der Waals surface area contributed by atoms with E-state index in [2.05, 4.69) is 26.3 Å². The lowest BCUT2D eigenvalue weighted by atomic mass is 10.1. The highest BCUT2D eigenvalue weighted by Crippen LogP contribution is 2.34. The summed E-state index contributed by atoms with van der Waals surface area (Å²) in [6.07, 6.45) is 1.10. The van der Waals surface area contributed by atoms with Crippen LogP contribution in [0.1, 0.15) is 40.2 Å². The first-order valence-electron chi connectivity index (χ1n) is 12.3. The van der Waals surface area contributed by atoms with Gasteiger partial charge in [-0.1, -0.05) is 26.3 Å². The van der Waals surface area contributed by atoms with E-state index in [1.54, 1.807) is 6.92 Å². The standard InChI is InChI=1S/C32H30O10/c1-17(2)29(34)38-22-10-12-24(26(15-22)41-31(36)19(5)6)21(9)14-28(33)40-25-13-11-23(39-30(35)18(3)4)16-27(25)42-32(37)20(7)8/h10-16H,1,3,5,7H2,2,4,6,8-9H3/b21-14+. The van der Waals surface area contributed by atoms with E-state index in [1.165, 1.54) is 64.1 Å². The van der Waals surface area contributed by atoms with Gasteiger partial charge in [-0.2, -0.15) is 0 Å². The number of ether oxygens (including phenoxy) is 5. The molecule has 42 heavy (non-hydrogen) atoms. The molecule has 0 heterocycles. The molecular weight excluding hydrogens is 544 g/mol. The van der Waals surface area contributed by atoms with E-state index in [0.29, 0.717) is 11.1 Å². The molecule has 10 heteroatoms. The van der Waals surface area contributed by atoms with Crippen LogP contribution in [0.25, 0.3) is 5.57 Å². The molecule has 10 nitrogen and oxygen atoms in total. The maximum atomic E-state index is 12.9. The van der Waals surface area contributed by atoms with Gasteiger partial charge in [0.2, 0.25) is 0 Å². The van der Waals surface area contributed by atoms with Crippen molar-refractivity contribution in [1.29, 1.82) is 0 Å². The maximum Gasteiger partial charge on any atom is 0.338 e. The summed E-state index contributed by atoms with van der Waals surface area (Å²) >= 11 is 0. The summed E-state index contributed by atoms with van der Waals surface area (Å²) in [5, 5.41) is 0. The zero-order valence-electron chi connectivity index (χ0n) is 24.0. The molecule has 2 rings (SSSR count). The summed E-state index contributed by atoms with van der Waals surface area (Å²) in [6.45, 7) is 21.5. The van der Waals surface area contributed by atoms with Crippen molar-refractivity contribution >= 4 is 35.4 Å². The second kappa shape index (κ2) is 14.2. The number of benzene rings is 2. The SMILES string of the molecule is C=C(C)C(=O)Oc1ccc(OC(=O)/C=C(\C)c2ccc(OC(=O)C(=C)C)cc2OC(=O)C(=C)C)c(OC(=O)C(=C)C)c1. The zero-order chi connectivity index (χ0) is 31.7. The highest BCUT2D eigenvalue weighted by Gasteiger charge is 2.19. The predicted octanol–water partition coefficient (Wildman–Crippen LogP) is 5.62. The zero-order valence-corrected chi connectivity index (χ0v) is 24.0. The van der Waals surface area contributed by atoms with Gasteiger partial charge in [-0.15, -0.1) is 0 Å². The van der Waals surface area contributed by atoms with E-state index < -0.39 is 29.8 Å². The molecule has 0 aliphatic heterocycles. The van der Waals surface area contributed by atoms with Crippen molar-refractivity contribution in [3.8, 4) is 28.7 Å². The molecule has 0 aromatic heterocycles. The Hall–Kier alpha value is -5.51. The molecule has 218 valence electrons. The maximum absolute atomic E-state index is 12.9. The highest BCUT2D eigenvalue weighted by atomic mass is 16.6. The van der Waals surface area contributed by atoms with Crippen LogP contribution in [0.5, 0.6) is 28.7 Å². The Balaban J connectivity index is 2.43. The minimum absolute atomic E-state index is 0.00967. The van der Waals surface area contributed by atoms with Gasteiger partial charge < -0.3 is 23.7 Å². The summed E-state index contributed by atoms with van der Waals surface area (Å²) in [7, 11) is 0. The summed E-state index contributed by atoms with van der Waals surface area (Å²) in [4.78, 5) is 61.2. The van der Waals surface area contributed by atoms with Crippen LogP contribution in [0.2, 0.25) is 0 Å². The molecule has 0 N–H and O–H groups in total. The number of carbonyl (C=O) groups is 5. The van der Waals surface area contributed by atoms with Crippen LogP contribution in [0.4, 0.5) is 0 Å². The van der Waals surface area contributed by atoms with E-state index in [1.807, 2.05) is 0 Å². The van der Waals surface area contributed by atoms with Gasteiger partial charge in [-0.05, 0) is 64.5 Å². The van der Waals surface area contributed by atoms with Crippen LogP contribution >= 0.6 is 0 Å². The molecule has 0 aliphatic carbocycles. The molecule has 0 saturated heterocycles.